The fourth-order valence-corrected chi connectivity index (χ4v) is 3.77. The average Bonchev–Trinajstić information content (AvgIpc) is 2.19. The summed E-state index contributed by atoms with van der Waals surface area (Å²) in [7, 11) is 0. The van der Waals surface area contributed by atoms with Gasteiger partial charge in [-0.15, -0.1) is 0 Å². The number of rotatable bonds is 3. The van der Waals surface area contributed by atoms with Gasteiger partial charge in [0.2, 0.25) is 6.08 Å². The van der Waals surface area contributed by atoms with Crippen molar-refractivity contribution >= 4 is 69.8 Å². The Morgan fingerprint density at radius 3 is 2.13 bits per heavy atom. The zero-order chi connectivity index (χ0) is 11.5. The molecule has 1 aliphatic rings. The number of nitrogens with zero attached hydrogens (tertiary/aromatic N) is 1. The highest BCUT2D eigenvalue weighted by atomic mass is 79.9. The summed E-state index contributed by atoms with van der Waals surface area (Å²) in [5.74, 6) is 0. The first-order chi connectivity index (χ1) is 6.96. The van der Waals surface area contributed by atoms with E-state index >= 15 is 0 Å². The molecule has 2 nitrogen and oxygen atoms in total. The minimum atomic E-state index is -0.454. The summed E-state index contributed by atoms with van der Waals surface area (Å²) in [4.78, 5) is 14.6. The molecule has 0 aliphatic heterocycles. The van der Waals surface area contributed by atoms with Crippen molar-refractivity contribution in [1.82, 2.24) is 0 Å². The molecular weight excluding hydrogens is 458 g/mol. The van der Waals surface area contributed by atoms with Crippen molar-refractivity contribution in [2.75, 3.05) is 0 Å². The van der Waals surface area contributed by atoms with Crippen molar-refractivity contribution < 1.29 is 4.79 Å². The SMILES string of the molecule is O=C=NC1(C(Br)(Br)C(Br)Br)CCCCC1. The zero-order valence-corrected chi connectivity index (χ0v) is 14.3. The van der Waals surface area contributed by atoms with Gasteiger partial charge in [0.15, 0.2) is 0 Å². The van der Waals surface area contributed by atoms with Gasteiger partial charge in [-0.25, -0.2) is 4.79 Å². The topological polar surface area (TPSA) is 29.4 Å². The minimum Gasteiger partial charge on any atom is -0.211 e. The van der Waals surface area contributed by atoms with Gasteiger partial charge in [-0.2, -0.15) is 4.99 Å². The van der Waals surface area contributed by atoms with Crippen molar-refractivity contribution in [3.63, 3.8) is 0 Å². The molecule has 0 aromatic carbocycles. The van der Waals surface area contributed by atoms with E-state index in [2.05, 4.69) is 68.7 Å². The Morgan fingerprint density at radius 1 is 1.20 bits per heavy atom. The van der Waals surface area contributed by atoms with Gasteiger partial charge in [-0.05, 0) is 12.8 Å². The largest absolute Gasteiger partial charge is 0.235 e. The molecule has 0 aromatic heterocycles. The van der Waals surface area contributed by atoms with Gasteiger partial charge in [0.25, 0.3) is 0 Å². The van der Waals surface area contributed by atoms with E-state index in [0.29, 0.717) is 0 Å². The van der Waals surface area contributed by atoms with Crippen LogP contribution in [0, 0.1) is 0 Å². The lowest BCUT2D eigenvalue weighted by Gasteiger charge is -2.43. The highest BCUT2D eigenvalue weighted by Crippen LogP contribution is 2.54. The summed E-state index contributed by atoms with van der Waals surface area (Å²) in [5, 5.41) is 0. The molecule has 0 amide bonds. The molecule has 0 saturated heterocycles. The maximum absolute atomic E-state index is 10.6. The van der Waals surface area contributed by atoms with E-state index in [1.807, 2.05) is 0 Å². The quantitative estimate of drug-likeness (QED) is 0.337. The van der Waals surface area contributed by atoms with Crippen LogP contribution in [0.25, 0.3) is 0 Å². The summed E-state index contributed by atoms with van der Waals surface area (Å²) in [6, 6.07) is 0. The van der Waals surface area contributed by atoms with Gasteiger partial charge < -0.3 is 0 Å². The average molecular weight is 469 g/mol. The number of hydrogen-bond acceptors (Lipinski definition) is 2. The van der Waals surface area contributed by atoms with Crippen LogP contribution >= 0.6 is 63.7 Å². The molecule has 1 fully saturated rings. The third-order valence-corrected chi connectivity index (χ3v) is 9.06. The van der Waals surface area contributed by atoms with E-state index < -0.39 is 8.77 Å². The maximum Gasteiger partial charge on any atom is 0.235 e. The molecule has 15 heavy (non-hydrogen) atoms. The van der Waals surface area contributed by atoms with Crippen LogP contribution in [-0.4, -0.2) is 18.6 Å². The standard InChI is InChI=1S/C9H11Br4NO/c10-7(11)9(12,13)8(14-6-15)4-2-1-3-5-8/h7H,1-5H2. The van der Waals surface area contributed by atoms with Gasteiger partial charge in [-0.1, -0.05) is 83.0 Å². The van der Waals surface area contributed by atoms with Crippen molar-refractivity contribution in [3.8, 4) is 0 Å². The van der Waals surface area contributed by atoms with Crippen molar-refractivity contribution in [3.05, 3.63) is 0 Å². The number of isocyanates is 1. The number of hydrogen-bond donors (Lipinski definition) is 0. The second-order valence-electron chi connectivity index (χ2n) is 3.72. The minimum absolute atomic E-state index is 0.00676. The van der Waals surface area contributed by atoms with Gasteiger partial charge in [0, 0.05) is 0 Å². The van der Waals surface area contributed by atoms with Crippen LogP contribution in [0.1, 0.15) is 32.1 Å². The highest BCUT2D eigenvalue weighted by Gasteiger charge is 2.52. The smallest absolute Gasteiger partial charge is 0.211 e. The van der Waals surface area contributed by atoms with Crippen molar-refractivity contribution in [1.29, 1.82) is 0 Å². The Morgan fingerprint density at radius 2 is 1.73 bits per heavy atom. The van der Waals surface area contributed by atoms with E-state index in [4.69, 9.17) is 0 Å². The third kappa shape index (κ3) is 2.95. The Hall–Kier alpha value is 1.30. The van der Waals surface area contributed by atoms with Crippen LogP contribution < -0.4 is 0 Å². The number of aliphatic imine (C=N–C) groups is 1. The van der Waals surface area contributed by atoms with E-state index in [-0.39, 0.29) is 3.74 Å². The molecular formula is C9H11Br4NO. The molecule has 0 N–H and O–H groups in total. The first kappa shape index (κ1) is 14.4. The van der Waals surface area contributed by atoms with Crippen molar-refractivity contribution in [2.45, 2.75) is 44.6 Å². The van der Waals surface area contributed by atoms with Crippen molar-refractivity contribution in [2.24, 2.45) is 4.99 Å². The Bertz CT molecular complexity index is 267. The molecule has 6 heteroatoms. The second kappa shape index (κ2) is 5.76. The Labute approximate surface area is 123 Å². The van der Waals surface area contributed by atoms with Crippen LogP contribution in [0.3, 0.4) is 0 Å². The molecule has 0 radical (unpaired) electrons. The number of alkyl halides is 4. The van der Waals surface area contributed by atoms with E-state index in [0.717, 1.165) is 25.7 Å². The molecule has 0 aromatic rings. The third-order valence-electron chi connectivity index (χ3n) is 2.83. The first-order valence-corrected chi connectivity index (χ1v) is 8.13. The molecule has 0 bridgehead atoms. The van der Waals surface area contributed by atoms with Crippen LogP contribution in [0.2, 0.25) is 0 Å². The summed E-state index contributed by atoms with van der Waals surface area (Å²) in [6.45, 7) is 0. The lowest BCUT2D eigenvalue weighted by Crippen LogP contribution is -2.49. The second-order valence-corrected chi connectivity index (χ2v) is 10.3. The summed E-state index contributed by atoms with van der Waals surface area (Å²) < 4.78 is -0.460. The first-order valence-electron chi connectivity index (χ1n) is 4.71. The zero-order valence-electron chi connectivity index (χ0n) is 7.98. The van der Waals surface area contributed by atoms with E-state index in [9.17, 15) is 4.79 Å². The predicted octanol–water partition coefficient (Wildman–Crippen LogP) is 4.63. The molecule has 1 rings (SSSR count). The van der Waals surface area contributed by atoms with Crippen LogP contribution in [0.5, 0.6) is 0 Å². The van der Waals surface area contributed by atoms with Crippen LogP contribution in [0.4, 0.5) is 0 Å². The van der Waals surface area contributed by atoms with Gasteiger partial charge in [0.05, 0.1) is 3.74 Å². The number of halogens is 4. The van der Waals surface area contributed by atoms with Crippen LogP contribution in [0.15, 0.2) is 4.99 Å². The summed E-state index contributed by atoms with van der Waals surface area (Å²) in [5.41, 5.74) is -0.412. The lowest BCUT2D eigenvalue weighted by atomic mass is 9.80. The summed E-state index contributed by atoms with van der Waals surface area (Å²) >= 11 is 14.2. The molecule has 0 heterocycles. The molecule has 86 valence electrons. The molecule has 0 unspecified atom stereocenters. The van der Waals surface area contributed by atoms with Crippen LogP contribution in [-0.2, 0) is 4.79 Å². The number of carbonyl (C=O) groups excluding carboxylic acids is 1. The predicted molar refractivity (Wildman–Crippen MR) is 76.2 cm³/mol. The van der Waals surface area contributed by atoms with Gasteiger partial charge in [0.1, 0.15) is 8.77 Å². The van der Waals surface area contributed by atoms with E-state index in [1.165, 1.54) is 6.42 Å². The molecule has 1 saturated carbocycles. The summed E-state index contributed by atoms with van der Waals surface area (Å²) in [6.07, 6.45) is 6.90. The normalized spacial score (nSPS) is 21.1. The fraction of sp³-hybridized carbons (Fsp3) is 0.889. The Kier molecular flexibility index (Phi) is 5.52. The highest BCUT2D eigenvalue weighted by molar-refractivity contribution is 9.30. The molecule has 1 aliphatic carbocycles. The van der Waals surface area contributed by atoms with Gasteiger partial charge in [-0.3, -0.25) is 0 Å². The Balaban J connectivity index is 3.04. The van der Waals surface area contributed by atoms with E-state index in [1.54, 1.807) is 6.08 Å². The molecule has 0 atom stereocenters. The fourth-order valence-electron chi connectivity index (χ4n) is 1.95. The monoisotopic (exact) mass is 465 g/mol. The maximum atomic E-state index is 10.6. The van der Waals surface area contributed by atoms with Gasteiger partial charge >= 0.3 is 0 Å². The molecule has 0 spiro atoms. The lowest BCUT2D eigenvalue weighted by molar-refractivity contribution is 0.289.